The number of nitrogens with one attached hydrogen (secondary N) is 1. The van der Waals surface area contributed by atoms with Gasteiger partial charge in [-0.15, -0.1) is 0 Å². The van der Waals surface area contributed by atoms with Crippen LogP contribution < -0.4 is 0 Å². The quantitative estimate of drug-likeness (QED) is 0.268. The van der Waals surface area contributed by atoms with Crippen molar-refractivity contribution in [2.24, 2.45) is 5.92 Å². The third-order valence-corrected chi connectivity index (χ3v) is 8.12. The molecule has 0 fully saturated rings. The number of rotatable bonds is 6. The molecule has 36 heavy (non-hydrogen) atoms. The first-order valence-corrected chi connectivity index (χ1v) is 13.5. The van der Waals surface area contributed by atoms with Gasteiger partial charge in [0.05, 0.1) is 17.1 Å². The lowest BCUT2D eigenvalue weighted by atomic mass is 9.81. The number of para-hydroxylation sites is 1. The molecule has 2 aromatic heterocycles. The van der Waals surface area contributed by atoms with Gasteiger partial charge in [0.1, 0.15) is 0 Å². The van der Waals surface area contributed by atoms with Crippen molar-refractivity contribution in [2.75, 3.05) is 0 Å². The van der Waals surface area contributed by atoms with Gasteiger partial charge < -0.3 is 4.98 Å². The summed E-state index contributed by atoms with van der Waals surface area (Å²) in [5.41, 5.74) is 13.4. The van der Waals surface area contributed by atoms with Crippen LogP contribution in [-0.2, 0) is 32.1 Å². The number of aryl methyl sites for hydroxylation is 4. The number of hydrogen-bond donors (Lipinski definition) is 1. The molecule has 0 bridgehead atoms. The third kappa shape index (κ3) is 3.97. The molecule has 0 radical (unpaired) electrons. The highest BCUT2D eigenvalue weighted by atomic mass is 15.3. The molecule has 3 aromatic carbocycles. The first-order valence-electron chi connectivity index (χ1n) is 13.5. The maximum absolute atomic E-state index is 5.35. The van der Waals surface area contributed by atoms with E-state index >= 15 is 0 Å². The van der Waals surface area contributed by atoms with Crippen LogP contribution >= 0.6 is 0 Å². The molecule has 1 N–H and O–H groups in total. The fraction of sp³-hybridized carbons (Fsp3) is 0.303. The molecular formula is C33H35N3. The van der Waals surface area contributed by atoms with Gasteiger partial charge in [-0.1, -0.05) is 62.4 Å². The van der Waals surface area contributed by atoms with E-state index in [1.54, 1.807) is 0 Å². The van der Waals surface area contributed by atoms with Gasteiger partial charge in [-0.05, 0) is 91.8 Å². The normalized spacial score (nSPS) is 15.4. The van der Waals surface area contributed by atoms with Crippen molar-refractivity contribution >= 4 is 10.9 Å². The number of fused-ring (bicyclic) bond motifs is 2. The Morgan fingerprint density at radius 3 is 2.47 bits per heavy atom. The van der Waals surface area contributed by atoms with Gasteiger partial charge in [-0.25, -0.2) is 4.68 Å². The monoisotopic (exact) mass is 473 g/mol. The molecule has 3 heteroatoms. The Morgan fingerprint density at radius 1 is 0.917 bits per heavy atom. The summed E-state index contributed by atoms with van der Waals surface area (Å²) in [4.78, 5) is 3.35. The lowest BCUT2D eigenvalue weighted by Crippen LogP contribution is -2.16. The van der Waals surface area contributed by atoms with E-state index in [9.17, 15) is 0 Å². The maximum Gasteiger partial charge on any atom is 0.0776 e. The van der Waals surface area contributed by atoms with E-state index in [-0.39, 0.29) is 0 Å². The van der Waals surface area contributed by atoms with E-state index < -0.39 is 0 Å². The fourth-order valence-electron chi connectivity index (χ4n) is 6.11. The second-order valence-electron chi connectivity index (χ2n) is 10.3. The summed E-state index contributed by atoms with van der Waals surface area (Å²) in [6.45, 7) is 6.75. The van der Waals surface area contributed by atoms with Gasteiger partial charge in [0.15, 0.2) is 0 Å². The molecule has 3 nitrogen and oxygen atoms in total. The van der Waals surface area contributed by atoms with Crippen LogP contribution in [0.1, 0.15) is 53.8 Å². The van der Waals surface area contributed by atoms with Crippen molar-refractivity contribution in [1.82, 2.24) is 14.8 Å². The zero-order valence-electron chi connectivity index (χ0n) is 21.6. The topological polar surface area (TPSA) is 33.6 Å². The minimum atomic E-state index is 0.637. The smallest absolute Gasteiger partial charge is 0.0776 e. The van der Waals surface area contributed by atoms with Gasteiger partial charge >= 0.3 is 0 Å². The zero-order chi connectivity index (χ0) is 24.6. The Labute approximate surface area is 214 Å². The standard InChI is InChI=1S/C33H35N3/c1-4-24-11-8-12-25(5-2)32(24)36-33(28-14-16-30-27(21-28)17-18-34-30)29-20-23(13-15-31(29)35-36)19-26-10-7-6-9-22(26)3/h6-12,14,16-18,21,23,34H,4-5,13,15,19-20H2,1-3H3. The third-order valence-electron chi connectivity index (χ3n) is 8.12. The molecule has 1 unspecified atom stereocenters. The van der Waals surface area contributed by atoms with Crippen molar-refractivity contribution in [1.29, 1.82) is 0 Å². The molecule has 1 aliphatic rings. The van der Waals surface area contributed by atoms with E-state index in [2.05, 4.69) is 97.2 Å². The summed E-state index contributed by atoms with van der Waals surface area (Å²) in [6, 6.07) is 24.6. The fourth-order valence-corrected chi connectivity index (χ4v) is 6.11. The predicted molar refractivity (Wildman–Crippen MR) is 150 cm³/mol. The number of benzene rings is 3. The minimum absolute atomic E-state index is 0.637. The van der Waals surface area contributed by atoms with E-state index in [0.717, 1.165) is 32.1 Å². The molecule has 1 atom stereocenters. The van der Waals surface area contributed by atoms with Crippen LogP contribution in [0.15, 0.2) is 72.9 Å². The SMILES string of the molecule is CCc1cccc(CC)c1-n1nc2c(c1-c1ccc3[nH]ccc3c1)CC(Cc1ccccc1C)CC2. The Hall–Kier alpha value is -3.59. The van der Waals surface area contributed by atoms with Crippen molar-refractivity contribution in [2.45, 2.75) is 59.3 Å². The van der Waals surface area contributed by atoms with Gasteiger partial charge in [0.2, 0.25) is 0 Å². The van der Waals surface area contributed by atoms with Crippen LogP contribution in [0.5, 0.6) is 0 Å². The molecule has 182 valence electrons. The van der Waals surface area contributed by atoms with Gasteiger partial charge in [0, 0.05) is 28.2 Å². The Morgan fingerprint density at radius 2 is 1.69 bits per heavy atom. The van der Waals surface area contributed by atoms with Gasteiger partial charge in [-0.3, -0.25) is 0 Å². The summed E-state index contributed by atoms with van der Waals surface area (Å²) in [5.74, 6) is 0.637. The average Bonchev–Trinajstić information content (AvgIpc) is 3.53. The first kappa shape index (κ1) is 22.8. The van der Waals surface area contributed by atoms with Crippen molar-refractivity contribution in [3.8, 4) is 16.9 Å². The predicted octanol–water partition coefficient (Wildman–Crippen LogP) is 7.80. The van der Waals surface area contributed by atoms with Crippen molar-refractivity contribution in [3.63, 3.8) is 0 Å². The number of aromatic nitrogens is 3. The van der Waals surface area contributed by atoms with E-state index in [4.69, 9.17) is 5.10 Å². The largest absolute Gasteiger partial charge is 0.361 e. The molecule has 2 heterocycles. The summed E-state index contributed by atoms with van der Waals surface area (Å²) < 4.78 is 2.31. The van der Waals surface area contributed by atoms with Gasteiger partial charge in [0.25, 0.3) is 0 Å². The molecule has 0 saturated heterocycles. The molecular weight excluding hydrogens is 438 g/mol. The zero-order valence-corrected chi connectivity index (χ0v) is 21.6. The second kappa shape index (κ2) is 9.46. The second-order valence-corrected chi connectivity index (χ2v) is 10.3. The Balaban J connectivity index is 1.51. The summed E-state index contributed by atoms with van der Waals surface area (Å²) in [6.07, 6.45) is 8.50. The lowest BCUT2D eigenvalue weighted by molar-refractivity contribution is 0.453. The number of aromatic amines is 1. The molecule has 1 aliphatic carbocycles. The number of H-pyrrole nitrogens is 1. The highest BCUT2D eigenvalue weighted by Gasteiger charge is 2.29. The minimum Gasteiger partial charge on any atom is -0.361 e. The van der Waals surface area contributed by atoms with Crippen molar-refractivity contribution < 1.29 is 0 Å². The average molecular weight is 474 g/mol. The summed E-state index contributed by atoms with van der Waals surface area (Å²) in [5, 5.41) is 6.60. The van der Waals surface area contributed by atoms with E-state index in [0.29, 0.717) is 5.92 Å². The highest BCUT2D eigenvalue weighted by molar-refractivity contribution is 5.85. The van der Waals surface area contributed by atoms with Gasteiger partial charge in [-0.2, -0.15) is 5.10 Å². The van der Waals surface area contributed by atoms with E-state index in [1.165, 1.54) is 67.8 Å². The first-order chi connectivity index (χ1) is 17.7. The Kier molecular flexibility index (Phi) is 6.00. The molecule has 0 amide bonds. The molecule has 0 saturated carbocycles. The highest BCUT2D eigenvalue weighted by Crippen LogP contribution is 2.39. The molecule has 5 aromatic rings. The number of hydrogen-bond acceptors (Lipinski definition) is 1. The number of nitrogens with zero attached hydrogens (tertiary/aromatic N) is 2. The Bertz CT molecular complexity index is 1510. The molecule has 6 rings (SSSR count). The van der Waals surface area contributed by atoms with Crippen molar-refractivity contribution in [3.05, 3.63) is 106 Å². The molecule has 0 aliphatic heterocycles. The van der Waals surface area contributed by atoms with Crippen LogP contribution in [0, 0.1) is 12.8 Å². The maximum atomic E-state index is 5.35. The van der Waals surface area contributed by atoms with Crippen LogP contribution in [0.3, 0.4) is 0 Å². The molecule has 0 spiro atoms. The summed E-state index contributed by atoms with van der Waals surface area (Å²) >= 11 is 0. The van der Waals surface area contributed by atoms with E-state index in [1.807, 2.05) is 6.20 Å². The van der Waals surface area contributed by atoms with Crippen LogP contribution in [-0.4, -0.2) is 14.8 Å². The van der Waals surface area contributed by atoms with Crippen LogP contribution in [0.4, 0.5) is 0 Å². The summed E-state index contributed by atoms with van der Waals surface area (Å²) in [7, 11) is 0. The lowest BCUT2D eigenvalue weighted by Gasteiger charge is -2.23. The van der Waals surface area contributed by atoms with Crippen LogP contribution in [0.2, 0.25) is 0 Å². The van der Waals surface area contributed by atoms with Crippen LogP contribution in [0.25, 0.3) is 27.8 Å².